The van der Waals surface area contributed by atoms with Crippen LogP contribution in [0.4, 0.5) is 0 Å². The predicted octanol–water partition coefficient (Wildman–Crippen LogP) is 2.05. The monoisotopic (exact) mass is 370 g/mol. The van der Waals surface area contributed by atoms with Crippen LogP contribution in [0.1, 0.15) is 33.1 Å². The smallest absolute Gasteiger partial charge is 0.171 e. The van der Waals surface area contributed by atoms with Crippen molar-refractivity contribution in [2.24, 2.45) is 35.5 Å². The van der Waals surface area contributed by atoms with Gasteiger partial charge in [0.2, 0.25) is 0 Å². The summed E-state index contributed by atoms with van der Waals surface area (Å²) in [6, 6.07) is 0. The van der Waals surface area contributed by atoms with Gasteiger partial charge in [0, 0.05) is 45.0 Å². The van der Waals surface area contributed by atoms with E-state index in [9.17, 15) is 0 Å². The lowest BCUT2D eigenvalue weighted by Gasteiger charge is -2.24. The highest BCUT2D eigenvalue weighted by atomic mass is 16.7. The fourth-order valence-corrected chi connectivity index (χ4v) is 6.33. The number of ether oxygens (including phenoxy) is 5. The molecule has 6 atom stereocenters. The normalized spacial score (nSPS) is 45.0. The Hall–Kier alpha value is -0.240. The van der Waals surface area contributed by atoms with Crippen molar-refractivity contribution in [2.45, 2.75) is 44.7 Å². The summed E-state index contributed by atoms with van der Waals surface area (Å²) in [4.78, 5) is 0. The average Bonchev–Trinajstić information content (AvgIpc) is 3.16. The lowest BCUT2D eigenvalue weighted by atomic mass is 10.1. The van der Waals surface area contributed by atoms with E-state index in [-0.39, 0.29) is 19.0 Å². The Labute approximate surface area is 156 Å². The van der Waals surface area contributed by atoms with Crippen LogP contribution in [0.3, 0.4) is 0 Å². The third-order valence-corrected chi connectivity index (χ3v) is 7.45. The summed E-state index contributed by atoms with van der Waals surface area (Å²) in [5, 5.41) is 9.04. The van der Waals surface area contributed by atoms with Gasteiger partial charge in [0.05, 0.1) is 26.4 Å². The molecule has 0 aromatic heterocycles. The van der Waals surface area contributed by atoms with Gasteiger partial charge < -0.3 is 28.8 Å². The fraction of sp³-hybridized carbons (Fsp3) is 1.00. The minimum Gasteiger partial charge on any atom is -0.396 e. The van der Waals surface area contributed by atoms with Gasteiger partial charge in [0.15, 0.2) is 11.6 Å². The fourth-order valence-electron chi connectivity index (χ4n) is 6.33. The minimum absolute atomic E-state index is 0. The van der Waals surface area contributed by atoms with E-state index in [4.69, 9.17) is 28.8 Å². The second-order valence-corrected chi connectivity index (χ2v) is 8.44. The summed E-state index contributed by atoms with van der Waals surface area (Å²) in [6.07, 6.45) is 4.58. The summed E-state index contributed by atoms with van der Waals surface area (Å²) in [7, 11) is 1.77. The number of fused-ring (bicyclic) bond motifs is 4. The van der Waals surface area contributed by atoms with Gasteiger partial charge in [-0.25, -0.2) is 0 Å². The molecule has 4 aliphatic carbocycles. The highest BCUT2D eigenvalue weighted by Crippen LogP contribution is 2.65. The van der Waals surface area contributed by atoms with E-state index in [1.807, 2.05) is 0 Å². The molecule has 0 unspecified atom stereocenters. The molecule has 6 nitrogen and oxygen atoms in total. The third kappa shape index (κ3) is 2.76. The average molecular weight is 370 g/mol. The molecule has 0 amide bonds. The molecular weight excluding hydrogens is 336 g/mol. The van der Waals surface area contributed by atoms with E-state index < -0.39 is 0 Å². The SMILES string of the molecule is C.COC[C@@H]1[C@@H]2CCC3(OCCO3)[C@H]12.OC[C@@H]1[C@@H]2CCC3(OCCO3)[C@H]12. The van der Waals surface area contributed by atoms with Crippen molar-refractivity contribution < 1.29 is 28.8 Å². The topological polar surface area (TPSA) is 66.4 Å². The summed E-state index contributed by atoms with van der Waals surface area (Å²) in [5.74, 6) is 3.37. The number of hydrogen-bond acceptors (Lipinski definition) is 6. The van der Waals surface area contributed by atoms with Gasteiger partial charge in [0.25, 0.3) is 0 Å². The Morgan fingerprint density at radius 3 is 1.73 bits per heavy atom. The van der Waals surface area contributed by atoms with E-state index in [1.54, 1.807) is 7.11 Å². The zero-order valence-electron chi connectivity index (χ0n) is 15.0. The zero-order chi connectivity index (χ0) is 17.1. The largest absolute Gasteiger partial charge is 0.396 e. The van der Waals surface area contributed by atoms with Crippen LogP contribution in [0.2, 0.25) is 0 Å². The maximum Gasteiger partial charge on any atom is 0.171 e. The Kier molecular flexibility index (Phi) is 5.12. The molecule has 4 saturated carbocycles. The van der Waals surface area contributed by atoms with Gasteiger partial charge in [-0.1, -0.05) is 7.43 Å². The van der Waals surface area contributed by atoms with Crippen molar-refractivity contribution in [2.75, 3.05) is 46.8 Å². The van der Waals surface area contributed by atoms with Gasteiger partial charge in [-0.15, -0.1) is 0 Å². The Bertz CT molecular complexity index is 484. The van der Waals surface area contributed by atoms with Crippen LogP contribution >= 0.6 is 0 Å². The molecule has 2 spiro atoms. The van der Waals surface area contributed by atoms with Crippen LogP contribution in [-0.4, -0.2) is 63.4 Å². The summed E-state index contributed by atoms with van der Waals surface area (Å²) in [5.41, 5.74) is 0. The molecule has 0 bridgehead atoms. The molecule has 0 aromatic rings. The van der Waals surface area contributed by atoms with Gasteiger partial charge >= 0.3 is 0 Å². The Morgan fingerprint density at radius 1 is 0.846 bits per heavy atom. The molecule has 6 heteroatoms. The first kappa shape index (κ1) is 19.1. The van der Waals surface area contributed by atoms with Gasteiger partial charge in [-0.05, 0) is 36.5 Å². The zero-order valence-corrected chi connectivity index (χ0v) is 15.0. The van der Waals surface area contributed by atoms with Crippen molar-refractivity contribution in [3.05, 3.63) is 0 Å². The summed E-state index contributed by atoms with van der Waals surface area (Å²) in [6.45, 7) is 4.22. The van der Waals surface area contributed by atoms with Crippen molar-refractivity contribution in [3.8, 4) is 0 Å². The lowest BCUT2D eigenvalue weighted by Crippen LogP contribution is -2.31. The standard InChI is InChI=1S/C10H16O3.C9H14O3.CH4/c1-11-6-8-7-2-3-10(9(7)8)12-4-5-13-10;10-5-7-6-1-2-9(8(6)7)11-3-4-12-9;/h7-9H,2-6H2,1H3;6-8,10H,1-5H2;1H4/t7-,8+,9-;6-,7+,8-;/m00./s1. The quantitative estimate of drug-likeness (QED) is 0.820. The van der Waals surface area contributed by atoms with Gasteiger partial charge in [-0.2, -0.15) is 0 Å². The first-order valence-corrected chi connectivity index (χ1v) is 9.90. The number of aliphatic hydroxyl groups excluding tert-OH is 1. The lowest BCUT2D eigenvalue weighted by molar-refractivity contribution is -0.172. The highest BCUT2D eigenvalue weighted by molar-refractivity contribution is 5.12. The second kappa shape index (κ2) is 6.98. The van der Waals surface area contributed by atoms with Crippen molar-refractivity contribution in [1.29, 1.82) is 0 Å². The van der Waals surface area contributed by atoms with E-state index in [1.165, 1.54) is 12.8 Å². The van der Waals surface area contributed by atoms with Crippen molar-refractivity contribution in [1.82, 2.24) is 0 Å². The van der Waals surface area contributed by atoms with E-state index in [0.29, 0.717) is 36.2 Å². The molecule has 6 rings (SSSR count). The number of hydrogen-bond donors (Lipinski definition) is 1. The van der Waals surface area contributed by atoms with Crippen LogP contribution in [0, 0.1) is 35.5 Å². The molecule has 6 aliphatic rings. The molecule has 0 radical (unpaired) electrons. The van der Waals surface area contributed by atoms with E-state index in [0.717, 1.165) is 51.8 Å². The van der Waals surface area contributed by atoms with Gasteiger partial charge in [-0.3, -0.25) is 0 Å². The number of aliphatic hydroxyl groups is 1. The maximum atomic E-state index is 9.04. The second-order valence-electron chi connectivity index (χ2n) is 8.44. The van der Waals surface area contributed by atoms with Crippen LogP contribution in [0.5, 0.6) is 0 Å². The molecule has 2 saturated heterocycles. The molecule has 2 heterocycles. The maximum absolute atomic E-state index is 9.04. The van der Waals surface area contributed by atoms with Gasteiger partial charge in [0.1, 0.15) is 0 Å². The Balaban J connectivity index is 0.000000125. The van der Waals surface area contributed by atoms with Crippen LogP contribution < -0.4 is 0 Å². The minimum atomic E-state index is -0.266. The first-order chi connectivity index (χ1) is 12.2. The van der Waals surface area contributed by atoms with Crippen LogP contribution in [0.25, 0.3) is 0 Å². The van der Waals surface area contributed by atoms with E-state index in [2.05, 4.69) is 0 Å². The van der Waals surface area contributed by atoms with Crippen LogP contribution in [0.15, 0.2) is 0 Å². The van der Waals surface area contributed by atoms with Crippen LogP contribution in [-0.2, 0) is 23.7 Å². The predicted molar refractivity (Wildman–Crippen MR) is 94.4 cm³/mol. The molecule has 2 aliphatic heterocycles. The molecule has 26 heavy (non-hydrogen) atoms. The molecule has 0 aromatic carbocycles. The molecular formula is C20H34O6. The summed E-state index contributed by atoms with van der Waals surface area (Å²) >= 11 is 0. The molecule has 6 fully saturated rings. The first-order valence-electron chi connectivity index (χ1n) is 9.90. The van der Waals surface area contributed by atoms with Crippen molar-refractivity contribution in [3.63, 3.8) is 0 Å². The van der Waals surface area contributed by atoms with Crippen molar-refractivity contribution >= 4 is 0 Å². The highest BCUT2D eigenvalue weighted by Gasteiger charge is 2.68. The number of methoxy groups -OCH3 is 1. The molecule has 150 valence electrons. The third-order valence-electron chi connectivity index (χ3n) is 7.45. The van der Waals surface area contributed by atoms with E-state index >= 15 is 0 Å². The number of rotatable bonds is 3. The molecule has 1 N–H and O–H groups in total. The summed E-state index contributed by atoms with van der Waals surface area (Å²) < 4.78 is 28.0. The Morgan fingerprint density at radius 2 is 1.31 bits per heavy atom.